The molecule has 1 saturated heterocycles. The Labute approximate surface area is 304 Å². The fraction of sp³-hybridized carbons (Fsp3) is 0.450. The minimum Gasteiger partial charge on any atom is -0.488 e. The minimum absolute atomic E-state index is 0.0648. The fourth-order valence-corrected chi connectivity index (χ4v) is 6.72. The van der Waals surface area contributed by atoms with Gasteiger partial charge in [-0.25, -0.2) is 8.78 Å². The summed E-state index contributed by atoms with van der Waals surface area (Å²) in [7, 11) is 0. The Balaban J connectivity index is 1.41. The summed E-state index contributed by atoms with van der Waals surface area (Å²) in [4.78, 5) is 2.25. The van der Waals surface area contributed by atoms with Gasteiger partial charge in [0.1, 0.15) is 30.3 Å². The Kier molecular flexibility index (Phi) is 12.9. The van der Waals surface area contributed by atoms with Gasteiger partial charge >= 0.3 is 0 Å². The highest BCUT2D eigenvalue weighted by Gasteiger charge is 2.49. The van der Waals surface area contributed by atoms with Crippen LogP contribution in [0.25, 0.3) is 5.57 Å². The maximum absolute atomic E-state index is 14.0. The van der Waals surface area contributed by atoms with Crippen LogP contribution in [0.15, 0.2) is 78.9 Å². The molecule has 276 valence electrons. The van der Waals surface area contributed by atoms with Crippen molar-refractivity contribution in [3.63, 3.8) is 0 Å². The summed E-state index contributed by atoms with van der Waals surface area (Å²) in [6.45, 7) is 8.36. The number of rotatable bonds is 17. The second-order valence-electron chi connectivity index (χ2n) is 14.2. The van der Waals surface area contributed by atoms with Crippen molar-refractivity contribution in [2.45, 2.75) is 64.0 Å². The van der Waals surface area contributed by atoms with E-state index >= 15 is 0 Å². The van der Waals surface area contributed by atoms with Gasteiger partial charge in [-0.15, -0.1) is 0 Å². The zero-order valence-corrected chi connectivity index (χ0v) is 30.3. The van der Waals surface area contributed by atoms with Crippen LogP contribution in [0.1, 0.15) is 50.3 Å². The Morgan fingerprint density at radius 1 is 1.00 bits per heavy atom. The second kappa shape index (κ2) is 17.0. The summed E-state index contributed by atoms with van der Waals surface area (Å²) < 4.78 is 47.1. The SMILES string of the molecule is CC(CO)(CO)NCc1cc(Cl)c(OC[C@@]2(OCCCN3CCC(O)C3)C=CC=C(c3ccccc3)C2(C)C)cc1OCc1ccc(F)c(F)c1. The lowest BCUT2D eigenvalue weighted by Gasteiger charge is -2.47. The molecule has 3 aromatic rings. The van der Waals surface area contributed by atoms with Crippen molar-refractivity contribution in [2.75, 3.05) is 46.1 Å². The number of allylic oxidation sites excluding steroid dienone is 2. The monoisotopic (exact) mass is 726 g/mol. The number of hydrogen-bond donors (Lipinski definition) is 4. The van der Waals surface area contributed by atoms with Gasteiger partial charge in [-0.1, -0.05) is 74.0 Å². The number of nitrogens with one attached hydrogen (secondary N) is 1. The first kappa shape index (κ1) is 38.9. The first-order valence-corrected chi connectivity index (χ1v) is 17.7. The standard InChI is InChI=1S/C40H49ClF2N2O6/c1-38(2)32(29-9-5-4-6-10-29)11-7-15-40(38,51-18-8-16-45-17-14-31(48)23-45)27-50-37-21-36(49-24-28-12-13-34(42)35(43)19-28)30(20-33(37)41)22-44-39(3,25-46)26-47/h4-7,9-13,15,19-21,31,44,46-48H,8,14,16-18,22-27H2,1-3H3/t31?,40-/m0/s1. The summed E-state index contributed by atoms with van der Waals surface area (Å²) in [5.74, 6) is -1.22. The summed E-state index contributed by atoms with van der Waals surface area (Å²) in [5.41, 5.74) is 0.771. The summed E-state index contributed by atoms with van der Waals surface area (Å²) >= 11 is 6.85. The van der Waals surface area contributed by atoms with Gasteiger partial charge in [0.05, 0.1) is 29.9 Å². The number of benzene rings is 3. The predicted octanol–water partition coefficient (Wildman–Crippen LogP) is 6.30. The molecule has 51 heavy (non-hydrogen) atoms. The van der Waals surface area contributed by atoms with Crippen LogP contribution >= 0.6 is 11.6 Å². The van der Waals surface area contributed by atoms with Crippen LogP contribution in [0.2, 0.25) is 5.02 Å². The zero-order valence-electron chi connectivity index (χ0n) is 29.5. The maximum Gasteiger partial charge on any atom is 0.159 e. The Bertz CT molecular complexity index is 1680. The third-order valence-electron chi connectivity index (χ3n) is 10.0. The number of halogens is 3. The molecule has 0 amide bonds. The molecule has 1 heterocycles. The first-order valence-electron chi connectivity index (χ1n) is 17.4. The zero-order chi connectivity index (χ0) is 36.6. The van der Waals surface area contributed by atoms with Gasteiger partial charge in [0.25, 0.3) is 0 Å². The minimum atomic E-state index is -0.977. The smallest absolute Gasteiger partial charge is 0.159 e. The van der Waals surface area contributed by atoms with Gasteiger partial charge in [-0.05, 0) is 60.7 Å². The molecule has 1 aliphatic carbocycles. The molecule has 1 unspecified atom stereocenters. The molecular weight excluding hydrogens is 678 g/mol. The van der Waals surface area contributed by atoms with E-state index in [2.05, 4.69) is 42.3 Å². The van der Waals surface area contributed by atoms with E-state index in [4.69, 9.17) is 25.8 Å². The third kappa shape index (κ3) is 9.37. The van der Waals surface area contributed by atoms with Crippen LogP contribution in [-0.2, 0) is 17.9 Å². The van der Waals surface area contributed by atoms with E-state index in [-0.39, 0.29) is 39.1 Å². The highest BCUT2D eigenvalue weighted by Crippen LogP contribution is 2.49. The molecule has 0 spiro atoms. The Morgan fingerprint density at radius 3 is 2.45 bits per heavy atom. The lowest BCUT2D eigenvalue weighted by molar-refractivity contribution is -0.0926. The van der Waals surface area contributed by atoms with E-state index in [1.54, 1.807) is 19.1 Å². The van der Waals surface area contributed by atoms with Gasteiger partial charge in [0.2, 0.25) is 0 Å². The number of likely N-dealkylation sites (tertiary alicyclic amines) is 1. The molecule has 3 aromatic carbocycles. The van der Waals surface area contributed by atoms with Crippen molar-refractivity contribution in [2.24, 2.45) is 5.41 Å². The molecule has 1 fully saturated rings. The van der Waals surface area contributed by atoms with Crippen molar-refractivity contribution in [1.82, 2.24) is 10.2 Å². The van der Waals surface area contributed by atoms with Crippen LogP contribution < -0.4 is 14.8 Å². The van der Waals surface area contributed by atoms with Crippen LogP contribution in [0.4, 0.5) is 8.78 Å². The summed E-state index contributed by atoms with van der Waals surface area (Å²) in [6, 6.07) is 17.1. The normalized spacial score (nSPS) is 20.4. The molecule has 8 nitrogen and oxygen atoms in total. The molecule has 5 rings (SSSR count). The number of nitrogens with zero attached hydrogens (tertiary/aromatic N) is 1. The fourth-order valence-electron chi connectivity index (χ4n) is 6.48. The van der Waals surface area contributed by atoms with Gasteiger partial charge in [-0.2, -0.15) is 0 Å². The van der Waals surface area contributed by atoms with Crippen molar-refractivity contribution in [3.8, 4) is 11.5 Å². The molecule has 1 aliphatic heterocycles. The molecule has 11 heteroatoms. The maximum atomic E-state index is 14.0. The van der Waals surface area contributed by atoms with Crippen molar-refractivity contribution in [1.29, 1.82) is 0 Å². The van der Waals surface area contributed by atoms with E-state index in [9.17, 15) is 24.1 Å². The van der Waals surface area contributed by atoms with Gasteiger partial charge in [-0.3, -0.25) is 0 Å². The average molecular weight is 727 g/mol. The molecule has 0 saturated carbocycles. The van der Waals surface area contributed by atoms with Crippen molar-refractivity contribution >= 4 is 17.2 Å². The lowest BCUT2D eigenvalue weighted by Crippen LogP contribution is -2.52. The topological polar surface area (TPSA) is 104 Å². The molecular formula is C40H49ClF2N2O6. The Morgan fingerprint density at radius 2 is 1.76 bits per heavy atom. The molecule has 4 N–H and O–H groups in total. The quantitative estimate of drug-likeness (QED) is 0.120. The number of aliphatic hydroxyl groups excluding tert-OH is 3. The van der Waals surface area contributed by atoms with Crippen LogP contribution in [0.5, 0.6) is 11.5 Å². The van der Waals surface area contributed by atoms with Gasteiger partial charge in [0, 0.05) is 49.8 Å². The van der Waals surface area contributed by atoms with Gasteiger partial charge in [0.15, 0.2) is 11.6 Å². The number of ether oxygens (including phenoxy) is 3. The largest absolute Gasteiger partial charge is 0.488 e. The highest BCUT2D eigenvalue weighted by atomic mass is 35.5. The molecule has 0 bridgehead atoms. The van der Waals surface area contributed by atoms with E-state index in [0.717, 1.165) is 49.2 Å². The lowest BCUT2D eigenvalue weighted by atomic mass is 9.65. The summed E-state index contributed by atoms with van der Waals surface area (Å²) in [5, 5.41) is 33.1. The summed E-state index contributed by atoms with van der Waals surface area (Å²) in [6.07, 6.45) is 7.41. The number of hydrogen-bond acceptors (Lipinski definition) is 8. The van der Waals surface area contributed by atoms with Crippen LogP contribution in [0, 0.1) is 17.0 Å². The third-order valence-corrected chi connectivity index (χ3v) is 10.3. The Hall–Kier alpha value is -3.35. The molecule has 2 aliphatic rings. The highest BCUT2D eigenvalue weighted by molar-refractivity contribution is 6.32. The average Bonchev–Trinajstić information content (AvgIpc) is 3.55. The van der Waals surface area contributed by atoms with E-state index < -0.39 is 28.2 Å². The number of aliphatic hydroxyl groups is 3. The van der Waals surface area contributed by atoms with Crippen molar-refractivity contribution in [3.05, 3.63) is 112 Å². The van der Waals surface area contributed by atoms with E-state index in [1.807, 2.05) is 30.4 Å². The molecule has 0 radical (unpaired) electrons. The molecule has 0 aromatic heterocycles. The number of β-amino-alcohol motifs (C(OH)–C–C–N with tert-alkyl or cyclic N) is 1. The predicted molar refractivity (Wildman–Crippen MR) is 195 cm³/mol. The van der Waals surface area contributed by atoms with Crippen LogP contribution in [0.3, 0.4) is 0 Å². The molecule has 2 atom stereocenters. The van der Waals surface area contributed by atoms with Gasteiger partial charge < -0.3 is 39.7 Å². The second-order valence-corrected chi connectivity index (χ2v) is 14.6. The van der Waals surface area contributed by atoms with Crippen molar-refractivity contribution < 1.29 is 38.3 Å². The van der Waals surface area contributed by atoms with E-state index in [1.165, 1.54) is 6.07 Å². The van der Waals surface area contributed by atoms with Crippen LogP contribution in [-0.4, -0.2) is 83.5 Å². The first-order chi connectivity index (χ1) is 24.4. The van der Waals surface area contributed by atoms with E-state index in [0.29, 0.717) is 40.8 Å².